The number of nitrogens with zero attached hydrogens (tertiary/aromatic N) is 1. The summed E-state index contributed by atoms with van der Waals surface area (Å²) in [6.45, 7) is 0. The number of hydrogen-bond donors (Lipinski definition) is 1. The zero-order chi connectivity index (χ0) is 8.72. The summed E-state index contributed by atoms with van der Waals surface area (Å²) in [5, 5.41) is 0.536. The Kier molecular flexibility index (Phi) is 1.48. The lowest BCUT2D eigenvalue weighted by Crippen LogP contribution is -2.11. The molecule has 1 radical (unpaired) electrons. The molecule has 1 aromatic heterocycles. The summed E-state index contributed by atoms with van der Waals surface area (Å²) in [6.07, 6.45) is 0. The number of imidazole rings is 1. The second kappa shape index (κ2) is 2.38. The van der Waals surface area contributed by atoms with Crippen LogP contribution in [0.4, 0.5) is 0 Å². The number of hydrogen-bond acceptors (Lipinski definition) is 1. The Morgan fingerprint density at radius 1 is 1.58 bits per heavy atom. The third kappa shape index (κ3) is 0.865. The van der Waals surface area contributed by atoms with Crippen molar-refractivity contribution in [3.63, 3.8) is 0 Å². The van der Waals surface area contributed by atoms with Crippen molar-refractivity contribution >= 4 is 22.6 Å². The van der Waals surface area contributed by atoms with Gasteiger partial charge in [-0.1, -0.05) is 11.6 Å². The fraction of sp³-hybridized carbons (Fsp3) is 0.125. The zero-order valence-electron chi connectivity index (χ0n) is 6.39. The quantitative estimate of drug-likeness (QED) is 0.654. The summed E-state index contributed by atoms with van der Waals surface area (Å²) >= 11 is 5.86. The van der Waals surface area contributed by atoms with Crippen molar-refractivity contribution in [1.82, 2.24) is 9.55 Å². The van der Waals surface area contributed by atoms with Crippen molar-refractivity contribution < 1.29 is 0 Å². The third-order valence-electron chi connectivity index (χ3n) is 1.80. The minimum absolute atomic E-state index is 0.161. The average Bonchev–Trinajstić information content (AvgIpc) is 2.29. The molecule has 0 amide bonds. The highest BCUT2D eigenvalue weighted by atomic mass is 35.5. The van der Waals surface area contributed by atoms with E-state index >= 15 is 0 Å². The number of aryl methyl sites for hydroxylation is 1. The van der Waals surface area contributed by atoms with E-state index in [1.54, 1.807) is 19.2 Å². The lowest BCUT2D eigenvalue weighted by molar-refractivity contribution is 0.892. The molecule has 4 heteroatoms. The second-order valence-electron chi connectivity index (χ2n) is 2.55. The van der Waals surface area contributed by atoms with E-state index in [-0.39, 0.29) is 5.69 Å². The fourth-order valence-electron chi connectivity index (χ4n) is 1.20. The van der Waals surface area contributed by atoms with Gasteiger partial charge < -0.3 is 4.98 Å². The number of fused-ring (bicyclic) bond motifs is 1. The van der Waals surface area contributed by atoms with Gasteiger partial charge in [-0.2, -0.15) is 0 Å². The number of aromatic nitrogens is 2. The molecular formula is C8H6ClN2O. The van der Waals surface area contributed by atoms with Crippen LogP contribution in [0.15, 0.2) is 16.9 Å². The Morgan fingerprint density at radius 2 is 2.33 bits per heavy atom. The van der Waals surface area contributed by atoms with E-state index in [0.717, 1.165) is 11.0 Å². The number of benzene rings is 1. The summed E-state index contributed by atoms with van der Waals surface area (Å²) in [6, 6.07) is 6.16. The molecular weight excluding hydrogens is 176 g/mol. The number of nitrogens with one attached hydrogen (secondary N) is 1. The predicted octanol–water partition coefficient (Wildman–Crippen LogP) is 1.32. The first-order chi connectivity index (χ1) is 5.70. The highest BCUT2D eigenvalue weighted by Crippen LogP contribution is 2.18. The van der Waals surface area contributed by atoms with Gasteiger partial charge in [0.05, 0.1) is 16.1 Å². The molecule has 0 fully saturated rings. The molecule has 3 nitrogen and oxygen atoms in total. The maximum absolute atomic E-state index is 11.1. The summed E-state index contributed by atoms with van der Waals surface area (Å²) in [5.41, 5.74) is 1.28. The molecule has 2 rings (SSSR count). The largest absolute Gasteiger partial charge is 0.326 e. The van der Waals surface area contributed by atoms with Crippen molar-refractivity contribution in [3.05, 3.63) is 33.7 Å². The first kappa shape index (κ1) is 7.43. The van der Waals surface area contributed by atoms with Crippen molar-refractivity contribution in [2.75, 3.05) is 0 Å². The summed E-state index contributed by atoms with van der Waals surface area (Å²) < 4.78 is 1.48. The van der Waals surface area contributed by atoms with Gasteiger partial charge in [0.2, 0.25) is 0 Å². The summed E-state index contributed by atoms with van der Waals surface area (Å²) in [7, 11) is 1.67. The molecule has 0 aliphatic rings. The first-order valence-corrected chi connectivity index (χ1v) is 3.82. The van der Waals surface area contributed by atoms with Crippen LogP contribution < -0.4 is 5.69 Å². The van der Waals surface area contributed by atoms with Gasteiger partial charge >= 0.3 is 5.69 Å². The van der Waals surface area contributed by atoms with Crippen LogP contribution in [0.5, 0.6) is 0 Å². The lowest BCUT2D eigenvalue weighted by atomic mass is 10.3. The molecule has 2 aromatic rings. The highest BCUT2D eigenvalue weighted by molar-refractivity contribution is 6.34. The van der Waals surface area contributed by atoms with E-state index in [0.29, 0.717) is 5.02 Å². The Bertz CT molecular complexity index is 483. The van der Waals surface area contributed by atoms with Crippen molar-refractivity contribution in [3.8, 4) is 0 Å². The van der Waals surface area contributed by atoms with Gasteiger partial charge in [0, 0.05) is 7.05 Å². The van der Waals surface area contributed by atoms with Crippen LogP contribution in [0.1, 0.15) is 0 Å². The average molecular weight is 182 g/mol. The normalized spacial score (nSPS) is 10.8. The molecule has 0 saturated heterocycles. The molecule has 0 saturated carbocycles. The number of aromatic amines is 1. The van der Waals surface area contributed by atoms with Crippen LogP contribution in [-0.2, 0) is 7.05 Å². The van der Waals surface area contributed by atoms with E-state index < -0.39 is 0 Å². The zero-order valence-corrected chi connectivity index (χ0v) is 7.14. The van der Waals surface area contributed by atoms with E-state index in [1.165, 1.54) is 4.57 Å². The molecule has 1 heterocycles. The molecule has 61 valence electrons. The fourth-order valence-corrected chi connectivity index (χ4v) is 1.49. The van der Waals surface area contributed by atoms with E-state index in [4.69, 9.17) is 11.6 Å². The van der Waals surface area contributed by atoms with Gasteiger partial charge in [0.1, 0.15) is 0 Å². The number of rotatable bonds is 0. The third-order valence-corrected chi connectivity index (χ3v) is 2.09. The maximum atomic E-state index is 11.1. The van der Waals surface area contributed by atoms with Crippen LogP contribution in [0, 0.1) is 6.07 Å². The van der Waals surface area contributed by atoms with E-state index in [2.05, 4.69) is 11.1 Å². The van der Waals surface area contributed by atoms with Crippen molar-refractivity contribution in [1.29, 1.82) is 0 Å². The summed E-state index contributed by atoms with van der Waals surface area (Å²) in [4.78, 5) is 13.8. The monoisotopic (exact) mass is 181 g/mol. The summed E-state index contributed by atoms with van der Waals surface area (Å²) in [5.74, 6) is 0. The molecule has 12 heavy (non-hydrogen) atoms. The van der Waals surface area contributed by atoms with Crippen LogP contribution in [0.25, 0.3) is 11.0 Å². The van der Waals surface area contributed by atoms with Gasteiger partial charge in [-0.05, 0) is 18.2 Å². The SMILES string of the molecule is Cn1c(=O)[nH]c2c[c]cc(Cl)c21. The standard InChI is InChI=1S/C8H6ClN2O/c1-11-7-5(9)3-2-4-6(7)10-8(11)12/h3-4H,1H3,(H,10,12). The topological polar surface area (TPSA) is 37.8 Å². The van der Waals surface area contributed by atoms with Crippen LogP contribution >= 0.6 is 11.6 Å². The minimum atomic E-state index is -0.161. The number of halogens is 1. The maximum Gasteiger partial charge on any atom is 0.326 e. The second-order valence-corrected chi connectivity index (χ2v) is 2.96. The molecule has 0 spiro atoms. The van der Waals surface area contributed by atoms with Crippen molar-refractivity contribution in [2.24, 2.45) is 7.05 Å². The Balaban J connectivity index is 3.07. The number of H-pyrrole nitrogens is 1. The molecule has 0 atom stereocenters. The van der Waals surface area contributed by atoms with Crippen LogP contribution in [-0.4, -0.2) is 9.55 Å². The Labute approximate surface area is 73.6 Å². The van der Waals surface area contributed by atoms with Gasteiger partial charge in [-0.15, -0.1) is 0 Å². The van der Waals surface area contributed by atoms with Crippen LogP contribution in [0.3, 0.4) is 0 Å². The first-order valence-electron chi connectivity index (χ1n) is 3.44. The van der Waals surface area contributed by atoms with E-state index in [1.807, 2.05) is 0 Å². The molecule has 1 aromatic carbocycles. The molecule has 1 N–H and O–H groups in total. The molecule has 0 bridgehead atoms. The molecule has 0 unspecified atom stereocenters. The van der Waals surface area contributed by atoms with Gasteiger partial charge in [0.25, 0.3) is 0 Å². The smallest absolute Gasteiger partial charge is 0.305 e. The van der Waals surface area contributed by atoms with Gasteiger partial charge in [0.15, 0.2) is 0 Å². The molecule has 0 aliphatic heterocycles. The lowest BCUT2D eigenvalue weighted by Gasteiger charge is -1.94. The molecule has 0 aliphatic carbocycles. The van der Waals surface area contributed by atoms with Gasteiger partial charge in [-0.25, -0.2) is 4.79 Å². The van der Waals surface area contributed by atoms with Crippen LogP contribution in [0.2, 0.25) is 5.02 Å². The highest BCUT2D eigenvalue weighted by Gasteiger charge is 2.05. The van der Waals surface area contributed by atoms with Crippen molar-refractivity contribution in [2.45, 2.75) is 0 Å². The Morgan fingerprint density at radius 3 is 3.00 bits per heavy atom. The minimum Gasteiger partial charge on any atom is -0.305 e. The van der Waals surface area contributed by atoms with E-state index in [9.17, 15) is 4.79 Å². The predicted molar refractivity (Wildman–Crippen MR) is 47.4 cm³/mol. The van der Waals surface area contributed by atoms with Gasteiger partial charge in [-0.3, -0.25) is 4.57 Å². The Hall–Kier alpha value is -1.22.